The lowest BCUT2D eigenvalue weighted by Crippen LogP contribution is -2.29. The predicted octanol–water partition coefficient (Wildman–Crippen LogP) is 0.481. The summed E-state index contributed by atoms with van der Waals surface area (Å²) in [6.07, 6.45) is -1.49. The number of fused-ring (bicyclic) bond motifs is 1. The first kappa shape index (κ1) is 9.20. The fraction of sp³-hybridized carbons (Fsp3) is 0. The third kappa shape index (κ3) is 1.32. The summed E-state index contributed by atoms with van der Waals surface area (Å²) in [5.74, 6) is -1.20. The van der Waals surface area contributed by atoms with E-state index in [0.29, 0.717) is 4.57 Å². The largest absolute Gasteiger partial charge is 0.464 e. The quantitative estimate of drug-likeness (QED) is 0.678. The van der Waals surface area contributed by atoms with E-state index < -0.39 is 17.5 Å². The van der Waals surface area contributed by atoms with Crippen LogP contribution < -0.4 is 11.4 Å². The maximum Gasteiger partial charge on any atom is 0.432 e. The molecule has 1 N–H and O–H groups in total. The van der Waals surface area contributed by atoms with E-state index in [9.17, 15) is 14.4 Å². The van der Waals surface area contributed by atoms with Gasteiger partial charge in [-0.15, -0.1) is 0 Å². The minimum Gasteiger partial charge on any atom is -0.464 e. The summed E-state index contributed by atoms with van der Waals surface area (Å²) in [4.78, 5) is 33.1. The molecular formula is C9H5NO5. The van der Waals surface area contributed by atoms with Gasteiger partial charge in [0.15, 0.2) is 0 Å². The van der Waals surface area contributed by atoms with E-state index in [1.54, 1.807) is 6.07 Å². The van der Waals surface area contributed by atoms with Crippen LogP contribution in [0.25, 0.3) is 10.9 Å². The van der Waals surface area contributed by atoms with Crippen molar-refractivity contribution in [2.75, 3.05) is 0 Å². The molecule has 0 aliphatic rings. The summed E-state index contributed by atoms with van der Waals surface area (Å²) < 4.78 is 4.64. The molecule has 1 aromatic carbocycles. The zero-order chi connectivity index (χ0) is 11.0. The van der Waals surface area contributed by atoms with Crippen molar-refractivity contribution in [1.29, 1.82) is 0 Å². The lowest BCUT2D eigenvalue weighted by atomic mass is 10.2. The van der Waals surface area contributed by atoms with Gasteiger partial charge in [-0.3, -0.25) is 0 Å². The van der Waals surface area contributed by atoms with Gasteiger partial charge in [-0.05, 0) is 12.1 Å². The Morgan fingerprint density at radius 2 is 1.93 bits per heavy atom. The van der Waals surface area contributed by atoms with E-state index in [4.69, 9.17) is 5.11 Å². The van der Waals surface area contributed by atoms with Crippen LogP contribution in [0, 0.1) is 0 Å². The van der Waals surface area contributed by atoms with Crippen molar-refractivity contribution in [3.63, 3.8) is 0 Å². The van der Waals surface area contributed by atoms with Crippen LogP contribution in [0.15, 0.2) is 38.3 Å². The number of para-hydroxylation sites is 1. The van der Waals surface area contributed by atoms with Gasteiger partial charge in [0.2, 0.25) is 0 Å². The molecular weight excluding hydrogens is 202 g/mol. The first-order valence-electron chi connectivity index (χ1n) is 3.99. The highest BCUT2D eigenvalue weighted by molar-refractivity contribution is 5.85. The molecule has 15 heavy (non-hydrogen) atoms. The van der Waals surface area contributed by atoms with Gasteiger partial charge >= 0.3 is 17.5 Å². The van der Waals surface area contributed by atoms with Crippen LogP contribution in [-0.2, 0) is 0 Å². The van der Waals surface area contributed by atoms with Crippen molar-refractivity contribution < 1.29 is 14.3 Å². The molecule has 0 aliphatic heterocycles. The van der Waals surface area contributed by atoms with Crippen LogP contribution in [0.5, 0.6) is 0 Å². The summed E-state index contributed by atoms with van der Waals surface area (Å²) in [5, 5.41) is 8.81. The lowest BCUT2D eigenvalue weighted by Gasteiger charge is -2.01. The SMILES string of the molecule is O=C(O)n1c(=O)oc(=O)c2ccccc21. The molecule has 0 radical (unpaired) electrons. The molecule has 0 unspecified atom stereocenters. The molecule has 1 heterocycles. The Morgan fingerprint density at radius 1 is 1.27 bits per heavy atom. The molecule has 6 nitrogen and oxygen atoms in total. The first-order chi connectivity index (χ1) is 7.11. The first-order valence-corrected chi connectivity index (χ1v) is 3.99. The Kier molecular flexibility index (Phi) is 1.89. The average Bonchev–Trinajstić information content (AvgIpc) is 2.17. The summed E-state index contributed by atoms with van der Waals surface area (Å²) in [6.45, 7) is 0. The van der Waals surface area contributed by atoms with Gasteiger partial charge in [0.05, 0.1) is 10.9 Å². The second-order valence-electron chi connectivity index (χ2n) is 2.79. The van der Waals surface area contributed by atoms with Crippen LogP contribution in [0.1, 0.15) is 0 Å². The summed E-state index contributed by atoms with van der Waals surface area (Å²) in [7, 11) is 0. The second-order valence-corrected chi connectivity index (χ2v) is 2.79. The number of hydrogen-bond donors (Lipinski definition) is 1. The number of benzene rings is 1. The molecule has 2 rings (SSSR count). The molecule has 0 bridgehead atoms. The zero-order valence-corrected chi connectivity index (χ0v) is 7.34. The zero-order valence-electron chi connectivity index (χ0n) is 7.34. The van der Waals surface area contributed by atoms with E-state index in [1.807, 2.05) is 0 Å². The van der Waals surface area contributed by atoms with Gasteiger partial charge in [0.1, 0.15) is 0 Å². The normalized spacial score (nSPS) is 10.4. The van der Waals surface area contributed by atoms with Crippen molar-refractivity contribution in [3.8, 4) is 0 Å². The van der Waals surface area contributed by atoms with Crippen LogP contribution in [0.3, 0.4) is 0 Å². The van der Waals surface area contributed by atoms with Crippen LogP contribution in [0.4, 0.5) is 4.79 Å². The van der Waals surface area contributed by atoms with Crippen molar-refractivity contribution >= 4 is 17.0 Å². The Hall–Kier alpha value is -2.37. The maximum absolute atomic E-state index is 11.2. The van der Waals surface area contributed by atoms with Crippen LogP contribution in [0.2, 0.25) is 0 Å². The minimum absolute atomic E-state index is 0.0197. The number of nitrogens with zero attached hydrogens (tertiary/aromatic N) is 1. The topological polar surface area (TPSA) is 89.5 Å². The molecule has 0 saturated heterocycles. The highest BCUT2D eigenvalue weighted by Gasteiger charge is 2.13. The third-order valence-electron chi connectivity index (χ3n) is 1.92. The predicted molar refractivity (Wildman–Crippen MR) is 50.2 cm³/mol. The number of hydrogen-bond acceptors (Lipinski definition) is 4. The monoisotopic (exact) mass is 207 g/mol. The molecule has 1 aromatic heterocycles. The van der Waals surface area contributed by atoms with Crippen molar-refractivity contribution in [2.45, 2.75) is 0 Å². The molecule has 0 fully saturated rings. The maximum atomic E-state index is 11.2. The van der Waals surface area contributed by atoms with Gasteiger partial charge in [-0.2, -0.15) is 4.57 Å². The fourth-order valence-corrected chi connectivity index (χ4v) is 1.30. The lowest BCUT2D eigenvalue weighted by molar-refractivity contribution is 0.193. The Balaban J connectivity index is 3.10. The average molecular weight is 207 g/mol. The molecule has 0 saturated carbocycles. The summed E-state index contributed by atoms with van der Waals surface area (Å²) >= 11 is 0. The molecule has 6 heteroatoms. The van der Waals surface area contributed by atoms with Gasteiger partial charge < -0.3 is 9.52 Å². The van der Waals surface area contributed by atoms with E-state index in [-0.39, 0.29) is 10.9 Å². The highest BCUT2D eigenvalue weighted by atomic mass is 16.5. The molecule has 0 atom stereocenters. The smallest absolute Gasteiger partial charge is 0.432 e. The number of carbonyl (C=O) groups is 1. The number of aromatic nitrogens is 1. The second kappa shape index (κ2) is 3.09. The molecule has 2 aromatic rings. The molecule has 0 spiro atoms. The molecule has 0 amide bonds. The van der Waals surface area contributed by atoms with Crippen molar-refractivity contribution in [1.82, 2.24) is 4.57 Å². The van der Waals surface area contributed by atoms with E-state index >= 15 is 0 Å². The van der Waals surface area contributed by atoms with Crippen molar-refractivity contribution in [3.05, 3.63) is 45.2 Å². The summed E-state index contributed by atoms with van der Waals surface area (Å²) in [6, 6.07) is 5.83. The van der Waals surface area contributed by atoms with Gasteiger partial charge in [-0.25, -0.2) is 14.4 Å². The Labute approximate surface area is 82.0 Å². The Morgan fingerprint density at radius 3 is 2.60 bits per heavy atom. The van der Waals surface area contributed by atoms with E-state index in [1.165, 1.54) is 18.2 Å². The Bertz CT molecular complexity index is 651. The fourth-order valence-electron chi connectivity index (χ4n) is 1.30. The minimum atomic E-state index is -1.49. The number of rotatable bonds is 0. The third-order valence-corrected chi connectivity index (χ3v) is 1.92. The molecule has 0 aliphatic carbocycles. The molecule has 76 valence electrons. The van der Waals surface area contributed by atoms with Gasteiger partial charge in [0.25, 0.3) is 0 Å². The van der Waals surface area contributed by atoms with Gasteiger partial charge in [-0.1, -0.05) is 12.1 Å². The standard InChI is InChI=1S/C9H5NO5/c11-7-5-3-1-2-4-6(5)10(8(12)13)9(14)15-7/h1-4H,(H,12,13). The highest BCUT2D eigenvalue weighted by Crippen LogP contribution is 2.06. The van der Waals surface area contributed by atoms with E-state index in [0.717, 1.165) is 0 Å². The number of carboxylic acid groups (broad SMARTS) is 1. The van der Waals surface area contributed by atoms with E-state index in [2.05, 4.69) is 4.42 Å². The van der Waals surface area contributed by atoms with Crippen LogP contribution in [-0.4, -0.2) is 15.8 Å². The van der Waals surface area contributed by atoms with Gasteiger partial charge in [0, 0.05) is 0 Å². The summed E-state index contributed by atoms with van der Waals surface area (Å²) in [5.41, 5.74) is -0.820. The van der Waals surface area contributed by atoms with Crippen LogP contribution >= 0.6 is 0 Å². The van der Waals surface area contributed by atoms with Crippen molar-refractivity contribution in [2.24, 2.45) is 0 Å².